The van der Waals surface area contributed by atoms with Crippen LogP contribution in [0.4, 0.5) is 0 Å². The van der Waals surface area contributed by atoms with Gasteiger partial charge in [0.2, 0.25) is 0 Å². The van der Waals surface area contributed by atoms with Gasteiger partial charge in [-0.05, 0) is 59.0 Å². The molecule has 0 aliphatic heterocycles. The van der Waals surface area contributed by atoms with E-state index in [0.29, 0.717) is 27.1 Å². The lowest BCUT2D eigenvalue weighted by Crippen LogP contribution is -2.25. The first kappa shape index (κ1) is 17.5. The van der Waals surface area contributed by atoms with E-state index in [4.69, 9.17) is 27.9 Å². The number of halogens is 3. The highest BCUT2D eigenvalue weighted by Crippen LogP contribution is 2.38. The van der Waals surface area contributed by atoms with E-state index in [1.165, 1.54) is 12.7 Å². The third-order valence-corrected chi connectivity index (χ3v) is 4.73. The summed E-state index contributed by atoms with van der Waals surface area (Å²) in [5, 5.41) is 15.7. The van der Waals surface area contributed by atoms with E-state index in [1.54, 1.807) is 47.1 Å². The summed E-state index contributed by atoms with van der Waals surface area (Å²) in [7, 11) is 0. The van der Waals surface area contributed by atoms with Crippen LogP contribution in [0.3, 0.4) is 0 Å². The number of hydrogen-bond donors (Lipinski definition) is 1. The SMILES string of the molecule is OC(I)(Cn1cncn1)c1ccc(Oc2ccc(Cl)cc2)cc1Cl. The molecule has 8 heteroatoms. The van der Waals surface area contributed by atoms with Gasteiger partial charge in [0.1, 0.15) is 24.2 Å². The fourth-order valence-corrected chi connectivity index (χ4v) is 3.56. The Bertz CT molecular complexity index is 824. The monoisotopic (exact) mass is 475 g/mol. The van der Waals surface area contributed by atoms with Crippen molar-refractivity contribution in [3.8, 4) is 11.5 Å². The maximum absolute atomic E-state index is 10.7. The Labute approximate surface area is 162 Å². The lowest BCUT2D eigenvalue weighted by Gasteiger charge is -2.23. The average molecular weight is 476 g/mol. The molecule has 1 heterocycles. The van der Waals surface area contributed by atoms with Gasteiger partial charge in [-0.15, -0.1) is 0 Å². The van der Waals surface area contributed by atoms with Gasteiger partial charge in [0, 0.05) is 10.6 Å². The van der Waals surface area contributed by atoms with Crippen LogP contribution in [0.1, 0.15) is 5.56 Å². The quantitative estimate of drug-likeness (QED) is 0.430. The molecule has 0 spiro atoms. The molecule has 24 heavy (non-hydrogen) atoms. The van der Waals surface area contributed by atoms with Crippen molar-refractivity contribution in [1.29, 1.82) is 0 Å². The highest BCUT2D eigenvalue weighted by molar-refractivity contribution is 14.1. The minimum Gasteiger partial charge on any atom is -0.457 e. The van der Waals surface area contributed by atoms with Gasteiger partial charge >= 0.3 is 0 Å². The summed E-state index contributed by atoms with van der Waals surface area (Å²) < 4.78 is 6.05. The topological polar surface area (TPSA) is 60.2 Å². The van der Waals surface area contributed by atoms with Crippen LogP contribution in [0.2, 0.25) is 10.0 Å². The predicted octanol–water partition coefficient (Wildman–Crippen LogP) is 4.66. The number of alkyl halides is 1. The molecule has 0 saturated heterocycles. The van der Waals surface area contributed by atoms with Gasteiger partial charge in [0.15, 0.2) is 3.61 Å². The lowest BCUT2D eigenvalue weighted by molar-refractivity contribution is 0.131. The largest absolute Gasteiger partial charge is 0.457 e. The van der Waals surface area contributed by atoms with E-state index in [1.807, 2.05) is 22.6 Å². The molecule has 0 bridgehead atoms. The van der Waals surface area contributed by atoms with Crippen LogP contribution in [0.15, 0.2) is 55.1 Å². The van der Waals surface area contributed by atoms with Crippen LogP contribution in [0.25, 0.3) is 0 Å². The highest BCUT2D eigenvalue weighted by atomic mass is 127. The molecule has 0 aliphatic carbocycles. The molecule has 124 valence electrons. The van der Waals surface area contributed by atoms with Crippen molar-refractivity contribution in [3.05, 3.63) is 70.7 Å². The molecule has 5 nitrogen and oxygen atoms in total. The number of nitrogens with zero attached hydrogens (tertiary/aromatic N) is 3. The minimum absolute atomic E-state index is 0.227. The molecule has 3 rings (SSSR count). The molecule has 0 saturated carbocycles. The first-order valence-corrected chi connectivity index (χ1v) is 8.75. The molecule has 1 aromatic heterocycles. The molecule has 0 radical (unpaired) electrons. The van der Waals surface area contributed by atoms with Crippen molar-refractivity contribution in [1.82, 2.24) is 14.8 Å². The number of benzene rings is 2. The van der Waals surface area contributed by atoms with Crippen molar-refractivity contribution < 1.29 is 9.84 Å². The minimum atomic E-state index is -1.22. The van der Waals surface area contributed by atoms with E-state index < -0.39 is 3.61 Å². The first-order chi connectivity index (χ1) is 11.4. The maximum Gasteiger partial charge on any atom is 0.161 e. The van der Waals surface area contributed by atoms with Crippen LogP contribution in [0.5, 0.6) is 11.5 Å². The van der Waals surface area contributed by atoms with Crippen molar-refractivity contribution in [3.63, 3.8) is 0 Å². The second-order valence-electron chi connectivity index (χ2n) is 5.05. The van der Waals surface area contributed by atoms with Crippen molar-refractivity contribution in [2.75, 3.05) is 0 Å². The zero-order valence-corrected chi connectivity index (χ0v) is 15.9. The third-order valence-electron chi connectivity index (χ3n) is 3.24. The fourth-order valence-electron chi connectivity index (χ4n) is 2.12. The van der Waals surface area contributed by atoms with Gasteiger partial charge in [0.05, 0.1) is 11.6 Å². The zero-order valence-electron chi connectivity index (χ0n) is 12.2. The fraction of sp³-hybridized carbons (Fsp3) is 0.125. The summed E-state index contributed by atoms with van der Waals surface area (Å²) in [6.45, 7) is 0.227. The number of hydrogen-bond acceptors (Lipinski definition) is 4. The number of aromatic nitrogens is 3. The number of aliphatic hydroxyl groups is 1. The second-order valence-corrected chi connectivity index (χ2v) is 7.68. The highest BCUT2D eigenvalue weighted by Gasteiger charge is 2.29. The van der Waals surface area contributed by atoms with Crippen LogP contribution >= 0.6 is 45.8 Å². The summed E-state index contributed by atoms with van der Waals surface area (Å²) in [6, 6.07) is 12.2. The van der Waals surface area contributed by atoms with Gasteiger partial charge in [-0.2, -0.15) is 5.10 Å². The van der Waals surface area contributed by atoms with Crippen LogP contribution in [-0.2, 0) is 10.2 Å². The standard InChI is InChI=1S/C16H12Cl2IN3O2/c17-11-1-3-12(4-2-11)24-13-5-6-14(15(18)7-13)16(19,23)8-22-10-20-9-21-22/h1-7,9-10,23H,8H2. The van der Waals surface area contributed by atoms with E-state index in [0.717, 1.165) is 0 Å². The molecule has 1 unspecified atom stereocenters. The molecule has 2 aromatic carbocycles. The van der Waals surface area contributed by atoms with Gasteiger partial charge in [-0.3, -0.25) is 0 Å². The molecule has 1 N–H and O–H groups in total. The van der Waals surface area contributed by atoms with Crippen LogP contribution < -0.4 is 4.74 Å². The van der Waals surface area contributed by atoms with Gasteiger partial charge in [-0.25, -0.2) is 9.67 Å². The zero-order chi connectivity index (χ0) is 17.2. The molecule has 1 atom stereocenters. The van der Waals surface area contributed by atoms with Crippen molar-refractivity contribution in [2.45, 2.75) is 10.2 Å². The molecular formula is C16H12Cl2IN3O2. The Kier molecular flexibility index (Phi) is 5.29. The Hall–Kier alpha value is -1.35. The molecule has 0 amide bonds. The average Bonchev–Trinajstić information content (AvgIpc) is 3.01. The second kappa shape index (κ2) is 7.26. The predicted molar refractivity (Wildman–Crippen MR) is 101 cm³/mol. The number of ether oxygens (including phenoxy) is 1. The van der Waals surface area contributed by atoms with Crippen LogP contribution in [-0.4, -0.2) is 19.9 Å². The third kappa shape index (κ3) is 4.18. The van der Waals surface area contributed by atoms with Crippen LogP contribution in [0, 0.1) is 0 Å². The Morgan fingerprint density at radius 1 is 1.12 bits per heavy atom. The lowest BCUT2D eigenvalue weighted by atomic mass is 10.1. The smallest absolute Gasteiger partial charge is 0.161 e. The Balaban J connectivity index is 1.80. The van der Waals surface area contributed by atoms with E-state index >= 15 is 0 Å². The van der Waals surface area contributed by atoms with Gasteiger partial charge in [-0.1, -0.05) is 29.3 Å². The molecular weight excluding hydrogens is 464 g/mol. The summed E-state index contributed by atoms with van der Waals surface area (Å²) in [5.74, 6) is 1.22. The van der Waals surface area contributed by atoms with Crippen molar-refractivity contribution >= 4 is 45.8 Å². The molecule has 3 aromatic rings. The first-order valence-electron chi connectivity index (χ1n) is 6.91. The maximum atomic E-state index is 10.7. The molecule has 0 fully saturated rings. The summed E-state index contributed by atoms with van der Waals surface area (Å²) >= 11 is 14.1. The Morgan fingerprint density at radius 2 is 1.83 bits per heavy atom. The summed E-state index contributed by atoms with van der Waals surface area (Å²) in [4.78, 5) is 3.86. The normalized spacial score (nSPS) is 13.5. The summed E-state index contributed by atoms with van der Waals surface area (Å²) in [5.41, 5.74) is 0.573. The van der Waals surface area contributed by atoms with E-state index in [9.17, 15) is 5.11 Å². The summed E-state index contributed by atoms with van der Waals surface area (Å²) in [6.07, 6.45) is 2.95. The van der Waals surface area contributed by atoms with Crippen molar-refractivity contribution in [2.24, 2.45) is 0 Å². The molecule has 0 aliphatic rings. The van der Waals surface area contributed by atoms with E-state index in [-0.39, 0.29) is 6.54 Å². The van der Waals surface area contributed by atoms with Gasteiger partial charge < -0.3 is 9.84 Å². The Morgan fingerprint density at radius 3 is 2.46 bits per heavy atom. The number of rotatable bonds is 5. The van der Waals surface area contributed by atoms with E-state index in [2.05, 4.69) is 10.1 Å². The van der Waals surface area contributed by atoms with Gasteiger partial charge in [0.25, 0.3) is 0 Å².